The second-order valence-corrected chi connectivity index (χ2v) is 8.71. The molecule has 0 aromatic heterocycles. The van der Waals surface area contributed by atoms with Crippen LogP contribution in [0.25, 0.3) is 5.57 Å². The Labute approximate surface area is 208 Å². The van der Waals surface area contributed by atoms with Crippen LogP contribution in [0.5, 0.6) is 17.2 Å². The molecular formula is C30H35NO4. The number of hydrogen-bond acceptors (Lipinski definition) is 5. The third kappa shape index (κ3) is 8.01. The summed E-state index contributed by atoms with van der Waals surface area (Å²) in [6, 6.07) is 24.1. The van der Waals surface area contributed by atoms with Gasteiger partial charge in [0.2, 0.25) is 0 Å². The highest BCUT2D eigenvalue weighted by Gasteiger charge is 2.12. The van der Waals surface area contributed by atoms with Gasteiger partial charge in [-0.05, 0) is 93.0 Å². The van der Waals surface area contributed by atoms with Gasteiger partial charge in [0.05, 0.1) is 6.61 Å². The van der Waals surface area contributed by atoms with Crippen LogP contribution in [-0.2, 0) is 11.2 Å². The summed E-state index contributed by atoms with van der Waals surface area (Å²) in [6.45, 7) is 7.69. The van der Waals surface area contributed by atoms with Gasteiger partial charge in [0.1, 0.15) is 23.9 Å². The van der Waals surface area contributed by atoms with Crippen molar-refractivity contribution in [3.63, 3.8) is 0 Å². The lowest BCUT2D eigenvalue weighted by atomic mass is 9.90. The smallest absolute Gasteiger partial charge is 0.308 e. The van der Waals surface area contributed by atoms with Gasteiger partial charge in [-0.2, -0.15) is 0 Å². The SMILES string of the molecule is CCOc1cccc(C/C(C)=C(/c2ccc(OCCN(C)C)cc2)c2ccc(OC(C)=O)cc2)c1. The number of allylic oxidation sites excluding steroid dienone is 1. The van der Waals surface area contributed by atoms with Gasteiger partial charge in [-0.15, -0.1) is 0 Å². The van der Waals surface area contributed by atoms with Crippen molar-refractivity contribution in [2.45, 2.75) is 27.2 Å². The number of likely N-dealkylation sites (N-methyl/N-ethyl adjacent to an activating group) is 1. The number of ether oxygens (including phenoxy) is 3. The number of nitrogens with zero attached hydrogens (tertiary/aromatic N) is 1. The minimum atomic E-state index is -0.330. The zero-order chi connectivity index (χ0) is 25.2. The van der Waals surface area contributed by atoms with Crippen LogP contribution < -0.4 is 14.2 Å². The molecule has 3 aromatic carbocycles. The van der Waals surface area contributed by atoms with E-state index in [1.165, 1.54) is 18.1 Å². The van der Waals surface area contributed by atoms with Crippen molar-refractivity contribution in [2.24, 2.45) is 0 Å². The van der Waals surface area contributed by atoms with Gasteiger partial charge in [-0.25, -0.2) is 0 Å². The summed E-state index contributed by atoms with van der Waals surface area (Å²) < 4.78 is 16.8. The highest BCUT2D eigenvalue weighted by molar-refractivity contribution is 5.82. The average molecular weight is 474 g/mol. The zero-order valence-electron chi connectivity index (χ0n) is 21.3. The van der Waals surface area contributed by atoms with Gasteiger partial charge in [-0.3, -0.25) is 4.79 Å². The average Bonchev–Trinajstić information content (AvgIpc) is 2.81. The zero-order valence-corrected chi connectivity index (χ0v) is 21.3. The molecule has 0 fully saturated rings. The van der Waals surface area contributed by atoms with E-state index in [0.717, 1.165) is 41.2 Å². The van der Waals surface area contributed by atoms with E-state index in [1.807, 2.05) is 69.6 Å². The molecule has 0 unspecified atom stereocenters. The summed E-state index contributed by atoms with van der Waals surface area (Å²) in [4.78, 5) is 13.4. The molecule has 0 radical (unpaired) electrons. The van der Waals surface area contributed by atoms with Crippen LogP contribution >= 0.6 is 0 Å². The summed E-state index contributed by atoms with van der Waals surface area (Å²) >= 11 is 0. The number of carbonyl (C=O) groups is 1. The molecule has 5 heteroatoms. The first-order valence-corrected chi connectivity index (χ1v) is 11.9. The molecule has 184 valence electrons. The van der Waals surface area contributed by atoms with E-state index in [4.69, 9.17) is 14.2 Å². The van der Waals surface area contributed by atoms with Crippen LogP contribution in [0.1, 0.15) is 37.5 Å². The first kappa shape index (κ1) is 26.0. The Morgan fingerprint density at radius 2 is 1.43 bits per heavy atom. The fourth-order valence-corrected chi connectivity index (χ4v) is 3.89. The molecule has 0 heterocycles. The number of rotatable bonds is 11. The van der Waals surface area contributed by atoms with Crippen LogP contribution in [0.4, 0.5) is 0 Å². The van der Waals surface area contributed by atoms with Crippen LogP contribution in [0, 0.1) is 0 Å². The van der Waals surface area contributed by atoms with E-state index in [0.29, 0.717) is 19.0 Å². The third-order valence-corrected chi connectivity index (χ3v) is 5.46. The molecule has 3 rings (SSSR count). The molecule has 0 aliphatic heterocycles. The van der Waals surface area contributed by atoms with Crippen LogP contribution in [0.2, 0.25) is 0 Å². The minimum Gasteiger partial charge on any atom is -0.494 e. The van der Waals surface area contributed by atoms with Crippen molar-refractivity contribution in [3.05, 3.63) is 95.1 Å². The lowest BCUT2D eigenvalue weighted by molar-refractivity contribution is -0.131. The summed E-state index contributed by atoms with van der Waals surface area (Å²) in [6.07, 6.45) is 0.781. The van der Waals surface area contributed by atoms with E-state index in [2.05, 4.69) is 36.1 Å². The van der Waals surface area contributed by atoms with Gasteiger partial charge in [0.25, 0.3) is 0 Å². The Morgan fingerprint density at radius 1 is 0.800 bits per heavy atom. The third-order valence-electron chi connectivity index (χ3n) is 5.46. The molecule has 0 aliphatic rings. The lowest BCUT2D eigenvalue weighted by Gasteiger charge is -2.16. The van der Waals surface area contributed by atoms with Crippen molar-refractivity contribution in [1.82, 2.24) is 4.90 Å². The van der Waals surface area contributed by atoms with Crippen molar-refractivity contribution >= 4 is 11.5 Å². The van der Waals surface area contributed by atoms with Gasteiger partial charge < -0.3 is 19.1 Å². The first-order chi connectivity index (χ1) is 16.9. The lowest BCUT2D eigenvalue weighted by Crippen LogP contribution is -2.19. The second kappa shape index (κ2) is 12.8. The Kier molecular flexibility index (Phi) is 9.50. The topological polar surface area (TPSA) is 48.0 Å². The van der Waals surface area contributed by atoms with Crippen molar-refractivity contribution in [3.8, 4) is 17.2 Å². The van der Waals surface area contributed by atoms with Gasteiger partial charge >= 0.3 is 5.97 Å². The largest absolute Gasteiger partial charge is 0.494 e. The Balaban J connectivity index is 1.94. The van der Waals surface area contributed by atoms with Crippen molar-refractivity contribution < 1.29 is 19.0 Å². The number of benzene rings is 3. The quantitative estimate of drug-likeness (QED) is 0.252. The van der Waals surface area contributed by atoms with Crippen molar-refractivity contribution in [2.75, 3.05) is 33.9 Å². The Morgan fingerprint density at radius 3 is 2.00 bits per heavy atom. The fourth-order valence-electron chi connectivity index (χ4n) is 3.89. The van der Waals surface area contributed by atoms with E-state index < -0.39 is 0 Å². The van der Waals surface area contributed by atoms with Gasteiger partial charge in [-0.1, -0.05) is 42.0 Å². The predicted molar refractivity (Wildman–Crippen MR) is 141 cm³/mol. The molecule has 0 spiro atoms. The minimum absolute atomic E-state index is 0.330. The van der Waals surface area contributed by atoms with Crippen LogP contribution in [0.3, 0.4) is 0 Å². The van der Waals surface area contributed by atoms with E-state index in [1.54, 1.807) is 0 Å². The normalized spacial score (nSPS) is 11.7. The molecule has 0 N–H and O–H groups in total. The molecule has 0 saturated carbocycles. The molecule has 0 saturated heterocycles. The van der Waals surface area contributed by atoms with E-state index >= 15 is 0 Å². The van der Waals surface area contributed by atoms with E-state index in [-0.39, 0.29) is 5.97 Å². The molecule has 0 atom stereocenters. The highest BCUT2D eigenvalue weighted by atomic mass is 16.5. The maximum atomic E-state index is 11.3. The van der Waals surface area contributed by atoms with Crippen LogP contribution in [0.15, 0.2) is 78.4 Å². The van der Waals surface area contributed by atoms with Gasteiger partial charge in [0, 0.05) is 13.5 Å². The van der Waals surface area contributed by atoms with Gasteiger partial charge in [0.15, 0.2) is 0 Å². The van der Waals surface area contributed by atoms with Crippen molar-refractivity contribution in [1.29, 1.82) is 0 Å². The molecule has 5 nitrogen and oxygen atoms in total. The summed E-state index contributed by atoms with van der Waals surface area (Å²) in [5.41, 5.74) is 5.71. The molecule has 3 aromatic rings. The summed E-state index contributed by atoms with van der Waals surface area (Å²) in [5.74, 6) is 1.93. The molecule has 0 aliphatic carbocycles. The monoisotopic (exact) mass is 473 g/mol. The summed E-state index contributed by atoms with van der Waals surface area (Å²) in [7, 11) is 4.06. The predicted octanol–water partition coefficient (Wildman–Crippen LogP) is 6.02. The maximum Gasteiger partial charge on any atom is 0.308 e. The number of esters is 1. The standard InChI is InChI=1S/C30H35NO4/c1-6-33-29-9-7-8-24(21-29)20-22(2)30(26-12-16-28(17-13-26)35-23(3)32)25-10-14-27(15-11-25)34-19-18-31(4)5/h7-17,21H,6,18-20H2,1-5H3/b30-22-. The molecule has 35 heavy (non-hydrogen) atoms. The Hall–Kier alpha value is -3.57. The number of hydrogen-bond donors (Lipinski definition) is 0. The highest BCUT2D eigenvalue weighted by Crippen LogP contribution is 2.31. The fraction of sp³-hybridized carbons (Fsp3) is 0.300. The molecular weight excluding hydrogens is 438 g/mol. The Bertz CT molecular complexity index is 1130. The van der Waals surface area contributed by atoms with E-state index in [9.17, 15) is 4.79 Å². The maximum absolute atomic E-state index is 11.3. The first-order valence-electron chi connectivity index (χ1n) is 11.9. The summed E-state index contributed by atoms with van der Waals surface area (Å²) in [5, 5.41) is 0. The second-order valence-electron chi connectivity index (χ2n) is 8.71. The number of carbonyl (C=O) groups excluding carboxylic acids is 1. The van der Waals surface area contributed by atoms with Crippen LogP contribution in [-0.4, -0.2) is 44.7 Å². The molecule has 0 amide bonds. The molecule has 0 bridgehead atoms.